The lowest BCUT2D eigenvalue weighted by atomic mass is 9.86. The van der Waals surface area contributed by atoms with Gasteiger partial charge in [-0.15, -0.1) is 0 Å². The first kappa shape index (κ1) is 16.8. The third-order valence-electron chi connectivity index (χ3n) is 4.02. The average Bonchev–Trinajstić information content (AvgIpc) is 2.85. The number of rotatable bonds is 4. The Morgan fingerprint density at radius 1 is 0.577 bits per heavy atom. The standard InChI is InChI=1S/C17H8O9/c18-13-6-4-2-1-3-5(6)7-8(13)10(15(21)22)12(17(25)26)11(16(23)24)9(7)14(19)20/h1-4H,(H,19,20)(H,21,22)(H,23,24)(H,25,26). The quantitative estimate of drug-likeness (QED) is 0.544. The first-order valence-corrected chi connectivity index (χ1v) is 6.99. The number of carboxylic acids is 4. The minimum atomic E-state index is -1.96. The molecule has 0 unspecified atom stereocenters. The van der Waals surface area contributed by atoms with Gasteiger partial charge in [0.2, 0.25) is 0 Å². The van der Waals surface area contributed by atoms with Crippen LogP contribution in [0.1, 0.15) is 57.4 Å². The summed E-state index contributed by atoms with van der Waals surface area (Å²) in [6.45, 7) is 0. The van der Waals surface area contributed by atoms with Crippen LogP contribution in [0, 0.1) is 0 Å². The Morgan fingerprint density at radius 3 is 1.38 bits per heavy atom. The highest BCUT2D eigenvalue weighted by Crippen LogP contribution is 2.44. The maximum absolute atomic E-state index is 12.6. The molecular formula is C17H8O9. The Kier molecular flexibility index (Phi) is 3.57. The summed E-state index contributed by atoms with van der Waals surface area (Å²) in [4.78, 5) is 59.3. The molecule has 0 saturated heterocycles. The molecule has 130 valence electrons. The Labute approximate surface area is 143 Å². The summed E-state index contributed by atoms with van der Waals surface area (Å²) in [6, 6.07) is 5.57. The van der Waals surface area contributed by atoms with Gasteiger partial charge in [-0.2, -0.15) is 0 Å². The number of hydrogen-bond acceptors (Lipinski definition) is 5. The highest BCUT2D eigenvalue weighted by atomic mass is 16.4. The third kappa shape index (κ3) is 2.07. The molecule has 1 aliphatic rings. The normalized spacial score (nSPS) is 11.6. The lowest BCUT2D eigenvalue weighted by molar-refractivity contribution is 0.0619. The van der Waals surface area contributed by atoms with E-state index >= 15 is 0 Å². The monoisotopic (exact) mass is 356 g/mol. The van der Waals surface area contributed by atoms with Crippen molar-refractivity contribution in [2.45, 2.75) is 0 Å². The molecule has 0 aromatic heterocycles. The van der Waals surface area contributed by atoms with Gasteiger partial charge in [-0.05, 0) is 5.56 Å². The fourth-order valence-corrected chi connectivity index (χ4v) is 3.14. The molecule has 0 radical (unpaired) electrons. The van der Waals surface area contributed by atoms with Crippen LogP contribution in [0.3, 0.4) is 0 Å². The highest BCUT2D eigenvalue weighted by molar-refractivity contribution is 6.31. The van der Waals surface area contributed by atoms with Crippen LogP contribution < -0.4 is 0 Å². The fourth-order valence-electron chi connectivity index (χ4n) is 3.14. The molecule has 0 aliphatic heterocycles. The maximum Gasteiger partial charge on any atom is 0.337 e. The van der Waals surface area contributed by atoms with Crippen LogP contribution in [0.15, 0.2) is 24.3 Å². The molecule has 3 rings (SSSR count). The van der Waals surface area contributed by atoms with E-state index in [1.165, 1.54) is 24.3 Å². The average molecular weight is 356 g/mol. The summed E-state index contributed by atoms with van der Waals surface area (Å²) in [5, 5.41) is 37.7. The van der Waals surface area contributed by atoms with Crippen molar-refractivity contribution in [1.29, 1.82) is 0 Å². The van der Waals surface area contributed by atoms with Gasteiger partial charge in [0.25, 0.3) is 0 Å². The van der Waals surface area contributed by atoms with E-state index in [1.807, 2.05) is 0 Å². The molecular weight excluding hydrogens is 348 g/mol. The lowest BCUT2D eigenvalue weighted by Gasteiger charge is -2.15. The van der Waals surface area contributed by atoms with Gasteiger partial charge >= 0.3 is 23.9 Å². The summed E-state index contributed by atoms with van der Waals surface area (Å²) < 4.78 is 0. The van der Waals surface area contributed by atoms with E-state index in [2.05, 4.69) is 0 Å². The third-order valence-corrected chi connectivity index (χ3v) is 4.02. The molecule has 0 amide bonds. The van der Waals surface area contributed by atoms with Crippen molar-refractivity contribution in [2.24, 2.45) is 0 Å². The van der Waals surface area contributed by atoms with Crippen LogP contribution in [-0.2, 0) is 0 Å². The summed E-state index contributed by atoms with van der Waals surface area (Å²) >= 11 is 0. The Bertz CT molecular complexity index is 1060. The van der Waals surface area contributed by atoms with Gasteiger partial charge in [-0.25, -0.2) is 19.2 Å². The molecule has 26 heavy (non-hydrogen) atoms. The van der Waals surface area contributed by atoms with Crippen molar-refractivity contribution < 1.29 is 44.4 Å². The molecule has 0 spiro atoms. The lowest BCUT2D eigenvalue weighted by Crippen LogP contribution is -2.23. The van der Waals surface area contributed by atoms with Gasteiger partial charge in [0.05, 0.1) is 22.3 Å². The summed E-state index contributed by atoms with van der Waals surface area (Å²) in [7, 11) is 0. The van der Waals surface area contributed by atoms with Crippen LogP contribution in [-0.4, -0.2) is 50.1 Å². The van der Waals surface area contributed by atoms with Crippen LogP contribution >= 0.6 is 0 Å². The van der Waals surface area contributed by atoms with Crippen molar-refractivity contribution in [1.82, 2.24) is 0 Å². The molecule has 9 nitrogen and oxygen atoms in total. The minimum Gasteiger partial charge on any atom is -0.478 e. The molecule has 0 heterocycles. The molecule has 0 bridgehead atoms. The van der Waals surface area contributed by atoms with Crippen LogP contribution in [0.5, 0.6) is 0 Å². The van der Waals surface area contributed by atoms with Crippen molar-refractivity contribution in [3.05, 3.63) is 57.6 Å². The maximum atomic E-state index is 12.6. The topological polar surface area (TPSA) is 166 Å². The molecule has 2 aromatic rings. The van der Waals surface area contributed by atoms with E-state index < -0.39 is 63.0 Å². The number of hydrogen-bond donors (Lipinski definition) is 4. The van der Waals surface area contributed by atoms with Gasteiger partial charge in [0.15, 0.2) is 5.78 Å². The van der Waals surface area contributed by atoms with Crippen molar-refractivity contribution in [2.75, 3.05) is 0 Å². The number of fused-ring (bicyclic) bond motifs is 3. The van der Waals surface area contributed by atoms with E-state index in [0.29, 0.717) is 0 Å². The molecule has 0 atom stereocenters. The van der Waals surface area contributed by atoms with Gasteiger partial charge in [-0.3, -0.25) is 4.79 Å². The number of carbonyl (C=O) groups is 5. The van der Waals surface area contributed by atoms with E-state index in [9.17, 15) is 44.4 Å². The van der Waals surface area contributed by atoms with Gasteiger partial charge < -0.3 is 20.4 Å². The van der Waals surface area contributed by atoms with E-state index in [-0.39, 0.29) is 11.1 Å². The second-order valence-corrected chi connectivity index (χ2v) is 5.35. The molecule has 4 N–H and O–H groups in total. The Morgan fingerprint density at radius 2 is 0.962 bits per heavy atom. The number of carboxylic acid groups (broad SMARTS) is 4. The van der Waals surface area contributed by atoms with Gasteiger partial charge in [0, 0.05) is 16.7 Å². The Balaban J connectivity index is 2.69. The van der Waals surface area contributed by atoms with Gasteiger partial charge in [-0.1, -0.05) is 24.3 Å². The first-order chi connectivity index (χ1) is 12.2. The largest absolute Gasteiger partial charge is 0.478 e. The number of benzene rings is 2. The van der Waals surface area contributed by atoms with E-state index in [0.717, 1.165) is 0 Å². The zero-order valence-corrected chi connectivity index (χ0v) is 12.6. The SMILES string of the molecule is O=C(O)c1c(C(=O)O)c(C(=O)O)c2c(c1C(=O)O)C(=O)c1ccccc1-2. The first-order valence-electron chi connectivity index (χ1n) is 6.99. The second kappa shape index (κ2) is 5.52. The molecule has 0 saturated carbocycles. The molecule has 0 fully saturated rings. The van der Waals surface area contributed by atoms with E-state index in [4.69, 9.17) is 0 Å². The summed E-state index contributed by atoms with van der Waals surface area (Å²) in [5.74, 6) is -8.41. The van der Waals surface area contributed by atoms with Crippen LogP contribution in [0.4, 0.5) is 0 Å². The number of ketones is 1. The van der Waals surface area contributed by atoms with Crippen molar-refractivity contribution >= 4 is 29.7 Å². The smallest absolute Gasteiger partial charge is 0.337 e. The zero-order valence-electron chi connectivity index (χ0n) is 12.6. The van der Waals surface area contributed by atoms with Crippen LogP contribution in [0.25, 0.3) is 11.1 Å². The van der Waals surface area contributed by atoms with Crippen LogP contribution in [0.2, 0.25) is 0 Å². The highest BCUT2D eigenvalue weighted by Gasteiger charge is 2.42. The predicted molar refractivity (Wildman–Crippen MR) is 83.1 cm³/mol. The summed E-state index contributed by atoms with van der Waals surface area (Å²) in [5.41, 5.74) is -5.47. The van der Waals surface area contributed by atoms with Crippen molar-refractivity contribution in [3.8, 4) is 11.1 Å². The minimum absolute atomic E-state index is 0.0341. The number of carbonyl (C=O) groups excluding carboxylic acids is 1. The van der Waals surface area contributed by atoms with Crippen molar-refractivity contribution in [3.63, 3.8) is 0 Å². The zero-order chi connectivity index (χ0) is 19.3. The van der Waals surface area contributed by atoms with Gasteiger partial charge in [0.1, 0.15) is 0 Å². The summed E-state index contributed by atoms with van der Waals surface area (Å²) in [6.07, 6.45) is 0. The molecule has 2 aromatic carbocycles. The predicted octanol–water partition coefficient (Wildman–Crippen LogP) is 1.69. The fraction of sp³-hybridized carbons (Fsp3) is 0. The number of aromatic carboxylic acids is 4. The van der Waals surface area contributed by atoms with E-state index in [1.54, 1.807) is 0 Å². The molecule has 9 heteroatoms. The molecule has 1 aliphatic carbocycles. The second-order valence-electron chi connectivity index (χ2n) is 5.35. The Hall–Kier alpha value is -4.01.